The molecule has 0 atom stereocenters. The number of carbonyl (C=O) groups excluding carboxylic acids is 1. The van der Waals surface area contributed by atoms with E-state index in [1.54, 1.807) is 6.07 Å². The van der Waals surface area contributed by atoms with Crippen molar-refractivity contribution in [2.45, 2.75) is 19.3 Å². The molecule has 0 unspecified atom stereocenters. The van der Waals surface area contributed by atoms with Crippen LogP contribution in [-0.2, 0) is 4.79 Å². The molecule has 1 saturated carbocycles. The standard InChI is InChI=1S/C8H8Cl2N2O/c9-7(10)6(4-11)12-8(13)5-2-1-3-5/h5H,1-3H2,(H,12,13). The smallest absolute Gasteiger partial charge is 0.228 e. The van der Waals surface area contributed by atoms with Crippen LogP contribution in [0.3, 0.4) is 0 Å². The minimum Gasteiger partial charge on any atom is -0.315 e. The third-order valence-corrected chi connectivity index (χ3v) is 2.40. The Morgan fingerprint density at radius 2 is 2.08 bits per heavy atom. The lowest BCUT2D eigenvalue weighted by Gasteiger charge is -2.23. The monoisotopic (exact) mass is 218 g/mol. The molecule has 1 aliphatic rings. The van der Waals surface area contributed by atoms with E-state index in [0.717, 1.165) is 19.3 Å². The van der Waals surface area contributed by atoms with Gasteiger partial charge in [-0.1, -0.05) is 29.6 Å². The van der Waals surface area contributed by atoms with Gasteiger partial charge in [0, 0.05) is 5.92 Å². The lowest BCUT2D eigenvalue weighted by Crippen LogP contribution is -2.33. The van der Waals surface area contributed by atoms with E-state index in [-0.39, 0.29) is 22.0 Å². The molecular weight excluding hydrogens is 211 g/mol. The molecule has 5 heteroatoms. The highest BCUT2D eigenvalue weighted by Gasteiger charge is 2.25. The Bertz CT molecular complexity index is 285. The second kappa shape index (κ2) is 4.50. The molecular formula is C8H8Cl2N2O. The summed E-state index contributed by atoms with van der Waals surface area (Å²) in [7, 11) is 0. The van der Waals surface area contributed by atoms with E-state index in [4.69, 9.17) is 28.5 Å². The second-order valence-electron chi connectivity index (χ2n) is 2.86. The van der Waals surface area contributed by atoms with Crippen LogP contribution in [0.25, 0.3) is 0 Å². The lowest BCUT2D eigenvalue weighted by molar-refractivity contribution is -0.126. The zero-order valence-corrected chi connectivity index (χ0v) is 8.32. The predicted octanol–water partition coefficient (Wildman–Crippen LogP) is 2.07. The summed E-state index contributed by atoms with van der Waals surface area (Å²) in [6, 6.07) is 1.72. The van der Waals surface area contributed by atoms with E-state index in [9.17, 15) is 4.79 Å². The van der Waals surface area contributed by atoms with Crippen LogP contribution in [0.1, 0.15) is 19.3 Å². The van der Waals surface area contributed by atoms with Crippen molar-refractivity contribution in [3.8, 4) is 6.07 Å². The molecule has 0 radical (unpaired) electrons. The fourth-order valence-electron chi connectivity index (χ4n) is 1.01. The van der Waals surface area contributed by atoms with Gasteiger partial charge in [-0.15, -0.1) is 0 Å². The Labute approximate surface area is 86.3 Å². The Balaban J connectivity index is 2.52. The summed E-state index contributed by atoms with van der Waals surface area (Å²) >= 11 is 10.7. The molecule has 0 bridgehead atoms. The van der Waals surface area contributed by atoms with Crippen molar-refractivity contribution in [2.24, 2.45) is 5.92 Å². The average Bonchev–Trinajstić information content (AvgIpc) is 1.96. The maximum atomic E-state index is 11.3. The van der Waals surface area contributed by atoms with Crippen LogP contribution < -0.4 is 5.32 Å². The Kier molecular flexibility index (Phi) is 3.58. The number of allylic oxidation sites excluding steroid dienone is 1. The summed E-state index contributed by atoms with van der Waals surface area (Å²) < 4.78 is -0.199. The number of hydrogen-bond acceptors (Lipinski definition) is 2. The minimum absolute atomic E-state index is 0.0241. The first-order valence-electron chi connectivity index (χ1n) is 3.91. The number of nitriles is 1. The van der Waals surface area contributed by atoms with Crippen molar-refractivity contribution in [3.63, 3.8) is 0 Å². The number of halogens is 2. The highest BCUT2D eigenvalue weighted by Crippen LogP contribution is 2.26. The molecule has 0 aliphatic heterocycles. The summed E-state index contributed by atoms with van der Waals surface area (Å²) in [5.74, 6) is -0.141. The summed E-state index contributed by atoms with van der Waals surface area (Å²) in [5, 5.41) is 10.9. The van der Waals surface area contributed by atoms with Crippen molar-refractivity contribution < 1.29 is 4.79 Å². The molecule has 0 spiro atoms. The van der Waals surface area contributed by atoms with Gasteiger partial charge in [0.2, 0.25) is 5.91 Å². The largest absolute Gasteiger partial charge is 0.315 e. The van der Waals surface area contributed by atoms with E-state index in [0.29, 0.717) is 0 Å². The van der Waals surface area contributed by atoms with Gasteiger partial charge in [-0.3, -0.25) is 4.79 Å². The van der Waals surface area contributed by atoms with Gasteiger partial charge >= 0.3 is 0 Å². The Morgan fingerprint density at radius 3 is 2.38 bits per heavy atom. The van der Waals surface area contributed by atoms with Crippen molar-refractivity contribution in [3.05, 3.63) is 10.2 Å². The predicted molar refractivity (Wildman–Crippen MR) is 49.8 cm³/mol. The van der Waals surface area contributed by atoms with Crippen LogP contribution in [0.4, 0.5) is 0 Å². The summed E-state index contributed by atoms with van der Waals surface area (Å²) in [6.45, 7) is 0. The van der Waals surface area contributed by atoms with Crippen molar-refractivity contribution in [1.82, 2.24) is 5.32 Å². The molecule has 0 aromatic carbocycles. The molecule has 0 aromatic rings. The highest BCUT2D eigenvalue weighted by molar-refractivity contribution is 6.56. The quantitative estimate of drug-likeness (QED) is 0.722. The van der Waals surface area contributed by atoms with Crippen molar-refractivity contribution >= 4 is 29.1 Å². The lowest BCUT2D eigenvalue weighted by atomic mass is 9.85. The fraction of sp³-hybridized carbons (Fsp3) is 0.500. The maximum Gasteiger partial charge on any atom is 0.228 e. The van der Waals surface area contributed by atoms with E-state index >= 15 is 0 Å². The zero-order valence-electron chi connectivity index (χ0n) is 6.81. The van der Waals surface area contributed by atoms with Gasteiger partial charge in [0.1, 0.15) is 10.6 Å². The zero-order chi connectivity index (χ0) is 9.84. The SMILES string of the molecule is N#CC(NC(=O)C1CCC1)=C(Cl)Cl. The molecule has 1 rings (SSSR count). The van der Waals surface area contributed by atoms with Crippen LogP contribution in [0.2, 0.25) is 0 Å². The molecule has 3 nitrogen and oxygen atoms in total. The molecule has 13 heavy (non-hydrogen) atoms. The van der Waals surface area contributed by atoms with Gasteiger partial charge in [0.25, 0.3) is 0 Å². The van der Waals surface area contributed by atoms with Crippen molar-refractivity contribution in [2.75, 3.05) is 0 Å². The highest BCUT2D eigenvalue weighted by atomic mass is 35.5. The van der Waals surface area contributed by atoms with Gasteiger partial charge in [0.05, 0.1) is 0 Å². The number of carbonyl (C=O) groups is 1. The molecule has 1 aliphatic carbocycles. The Hall–Kier alpha value is -0.720. The molecule has 0 heterocycles. The van der Waals surface area contributed by atoms with Gasteiger partial charge in [-0.25, -0.2) is 0 Å². The van der Waals surface area contributed by atoms with E-state index in [1.807, 2.05) is 0 Å². The molecule has 0 aromatic heterocycles. The number of hydrogen-bond donors (Lipinski definition) is 1. The van der Waals surface area contributed by atoms with E-state index < -0.39 is 0 Å². The molecule has 70 valence electrons. The van der Waals surface area contributed by atoms with Crippen molar-refractivity contribution in [1.29, 1.82) is 5.26 Å². The summed E-state index contributed by atoms with van der Waals surface area (Å²) in [6.07, 6.45) is 2.83. The minimum atomic E-state index is -0.199. The fourth-order valence-corrected chi connectivity index (χ4v) is 1.19. The van der Waals surface area contributed by atoms with Crippen LogP contribution >= 0.6 is 23.2 Å². The first-order chi connectivity index (χ1) is 6.15. The van der Waals surface area contributed by atoms with E-state index in [2.05, 4.69) is 5.32 Å². The number of nitrogens with zero attached hydrogens (tertiary/aromatic N) is 1. The summed E-state index contributed by atoms with van der Waals surface area (Å²) in [4.78, 5) is 11.3. The van der Waals surface area contributed by atoms with Crippen LogP contribution in [0.5, 0.6) is 0 Å². The topological polar surface area (TPSA) is 52.9 Å². The van der Waals surface area contributed by atoms with E-state index in [1.165, 1.54) is 0 Å². The molecule has 1 amide bonds. The number of nitrogens with one attached hydrogen (secondary N) is 1. The van der Waals surface area contributed by atoms with Gasteiger partial charge in [-0.2, -0.15) is 5.26 Å². The van der Waals surface area contributed by atoms with Crippen LogP contribution in [0.15, 0.2) is 10.2 Å². The first-order valence-corrected chi connectivity index (χ1v) is 4.67. The third kappa shape index (κ3) is 2.61. The Morgan fingerprint density at radius 1 is 1.46 bits per heavy atom. The van der Waals surface area contributed by atoms with Gasteiger partial charge in [-0.05, 0) is 12.8 Å². The molecule has 1 fully saturated rings. The summed E-state index contributed by atoms with van der Waals surface area (Å²) in [5.41, 5.74) is -0.0692. The van der Waals surface area contributed by atoms with Crippen LogP contribution in [-0.4, -0.2) is 5.91 Å². The molecule has 0 saturated heterocycles. The average molecular weight is 219 g/mol. The van der Waals surface area contributed by atoms with Gasteiger partial charge in [0.15, 0.2) is 5.70 Å². The van der Waals surface area contributed by atoms with Gasteiger partial charge < -0.3 is 5.32 Å². The second-order valence-corrected chi connectivity index (χ2v) is 3.81. The molecule has 1 N–H and O–H groups in total. The third-order valence-electron chi connectivity index (χ3n) is 2.02. The van der Waals surface area contributed by atoms with Crippen LogP contribution in [0, 0.1) is 17.2 Å². The number of rotatable bonds is 2. The first kappa shape index (κ1) is 10.4. The normalized spacial score (nSPS) is 15.5. The number of amides is 1. The maximum absolute atomic E-state index is 11.3.